The van der Waals surface area contributed by atoms with Gasteiger partial charge in [-0.1, -0.05) is 42.5 Å². The monoisotopic (exact) mass is 661 g/mol. The van der Waals surface area contributed by atoms with Gasteiger partial charge in [0.15, 0.2) is 0 Å². The predicted molar refractivity (Wildman–Crippen MR) is 181 cm³/mol. The molecule has 5 rings (SSSR count). The number of aliphatic hydroxyl groups is 2. The minimum atomic E-state index is -0.951. The van der Waals surface area contributed by atoms with Gasteiger partial charge in [0, 0.05) is 42.8 Å². The Morgan fingerprint density at radius 1 is 1.06 bits per heavy atom. The molecule has 3 aromatic rings. The Hall–Kier alpha value is -4.36. The van der Waals surface area contributed by atoms with E-state index in [2.05, 4.69) is 16.0 Å². The molecule has 12 heteroatoms. The number of carbonyl (C=O) groups is 3. The standard InChI is InChI=1S/C36H44FN5O6/c1-36(2,38-21-28(44)23-43)20-33(45)39-31-13-11-26-19-27(37)12-14-32(26)42(34(31)46)22-24-7-9-25(10-8-24)29-5-3-4-6-30(29)40-35(47)41-15-17-48-18-16-41/h3-10,12,14,19,28,31,38,43-44H,11,13,15-18,20-23H2,1-2H3,(H,39,45)(H,40,47)/t28-,31+/m0/s1. The van der Waals surface area contributed by atoms with E-state index in [4.69, 9.17) is 9.84 Å². The van der Waals surface area contributed by atoms with Crippen LogP contribution in [0.1, 0.15) is 37.8 Å². The molecule has 0 saturated carbocycles. The number of halogens is 1. The summed E-state index contributed by atoms with van der Waals surface area (Å²) < 4.78 is 19.7. The van der Waals surface area contributed by atoms with E-state index in [0.717, 1.165) is 16.7 Å². The fourth-order valence-corrected chi connectivity index (χ4v) is 5.99. The number of nitrogens with zero attached hydrogens (tertiary/aromatic N) is 2. The average molecular weight is 662 g/mol. The van der Waals surface area contributed by atoms with E-state index in [0.29, 0.717) is 56.1 Å². The molecule has 0 aromatic heterocycles. The van der Waals surface area contributed by atoms with Crippen molar-refractivity contribution in [1.82, 2.24) is 15.5 Å². The zero-order chi connectivity index (χ0) is 34.3. The summed E-state index contributed by atoms with van der Waals surface area (Å²) >= 11 is 0. The Balaban J connectivity index is 1.31. The first kappa shape index (κ1) is 35.0. The lowest BCUT2D eigenvalue weighted by molar-refractivity contribution is -0.128. The Bertz CT molecular complexity index is 1590. The SMILES string of the molecule is CC(C)(CC(=O)N[C@@H]1CCc2cc(F)ccc2N(Cc2ccc(-c3ccccc3NC(=O)N3CCOCC3)cc2)C1=O)NC[C@H](O)CO. The van der Waals surface area contributed by atoms with E-state index in [1.807, 2.05) is 48.5 Å². The van der Waals surface area contributed by atoms with Crippen LogP contribution < -0.4 is 20.9 Å². The summed E-state index contributed by atoms with van der Waals surface area (Å²) in [4.78, 5) is 43.3. The Morgan fingerprint density at radius 3 is 2.52 bits per heavy atom. The summed E-state index contributed by atoms with van der Waals surface area (Å²) in [6.07, 6.45) is -0.211. The average Bonchev–Trinajstić information content (AvgIpc) is 3.20. The number of fused-ring (bicyclic) bond motifs is 1. The van der Waals surface area contributed by atoms with E-state index in [1.165, 1.54) is 12.1 Å². The lowest BCUT2D eigenvalue weighted by Gasteiger charge is -2.29. The number of β-amino-alcohol motifs (C(OH)–C–C–N with tert-alkyl or cyclic N) is 1. The van der Waals surface area contributed by atoms with Crippen LogP contribution in [0.5, 0.6) is 0 Å². The molecule has 0 aliphatic carbocycles. The van der Waals surface area contributed by atoms with Crippen molar-refractivity contribution in [3.63, 3.8) is 0 Å². The maximum absolute atomic E-state index is 14.3. The van der Waals surface area contributed by atoms with Crippen LogP contribution in [-0.2, 0) is 27.3 Å². The molecule has 0 spiro atoms. The highest BCUT2D eigenvalue weighted by atomic mass is 19.1. The smallest absolute Gasteiger partial charge is 0.322 e. The molecule has 3 aromatic carbocycles. The Morgan fingerprint density at radius 2 is 1.79 bits per heavy atom. The second-order valence-electron chi connectivity index (χ2n) is 12.9. The normalized spacial score (nSPS) is 17.4. The third kappa shape index (κ3) is 8.95. The molecule has 2 aliphatic heterocycles. The summed E-state index contributed by atoms with van der Waals surface area (Å²) in [5.74, 6) is -1.04. The molecule has 2 atom stereocenters. The van der Waals surface area contributed by atoms with E-state index in [1.54, 1.807) is 29.7 Å². The van der Waals surface area contributed by atoms with Crippen molar-refractivity contribution in [3.05, 3.63) is 83.7 Å². The number of urea groups is 1. The van der Waals surface area contributed by atoms with E-state index in [9.17, 15) is 23.9 Å². The summed E-state index contributed by atoms with van der Waals surface area (Å²) in [5, 5.41) is 27.8. The van der Waals surface area contributed by atoms with Gasteiger partial charge in [0.25, 0.3) is 0 Å². The van der Waals surface area contributed by atoms with Gasteiger partial charge >= 0.3 is 6.03 Å². The molecule has 5 N–H and O–H groups in total. The first-order chi connectivity index (χ1) is 23.0. The fourth-order valence-electron chi connectivity index (χ4n) is 5.99. The fraction of sp³-hybridized carbons (Fsp3) is 0.417. The highest BCUT2D eigenvalue weighted by Gasteiger charge is 2.33. The number of aryl methyl sites for hydroxylation is 1. The second-order valence-corrected chi connectivity index (χ2v) is 12.9. The third-order valence-corrected chi connectivity index (χ3v) is 8.64. The van der Waals surface area contributed by atoms with Crippen LogP contribution in [0.15, 0.2) is 66.7 Å². The molecular weight excluding hydrogens is 617 g/mol. The van der Waals surface area contributed by atoms with Gasteiger partial charge in [-0.25, -0.2) is 9.18 Å². The third-order valence-electron chi connectivity index (χ3n) is 8.64. The highest BCUT2D eigenvalue weighted by molar-refractivity contribution is 6.00. The maximum Gasteiger partial charge on any atom is 0.322 e. The van der Waals surface area contributed by atoms with Crippen LogP contribution >= 0.6 is 0 Å². The Kier molecular flexibility index (Phi) is 11.4. The number of hydrogen-bond donors (Lipinski definition) is 5. The quantitative estimate of drug-likeness (QED) is 0.212. The number of aliphatic hydroxyl groups excluding tert-OH is 2. The summed E-state index contributed by atoms with van der Waals surface area (Å²) in [6, 6.07) is 18.6. The van der Waals surface area contributed by atoms with Crippen LogP contribution in [0.25, 0.3) is 11.1 Å². The molecule has 256 valence electrons. The second kappa shape index (κ2) is 15.7. The summed E-state index contributed by atoms with van der Waals surface area (Å²) in [7, 11) is 0. The van der Waals surface area contributed by atoms with Crippen LogP contribution in [-0.4, -0.2) is 90.1 Å². The van der Waals surface area contributed by atoms with Gasteiger partial charge in [-0.05, 0) is 67.6 Å². The summed E-state index contributed by atoms with van der Waals surface area (Å²) in [6.45, 7) is 5.60. The molecule has 48 heavy (non-hydrogen) atoms. The first-order valence-corrected chi connectivity index (χ1v) is 16.3. The zero-order valence-corrected chi connectivity index (χ0v) is 27.4. The number of rotatable bonds is 11. The van der Waals surface area contributed by atoms with Crippen molar-refractivity contribution in [2.24, 2.45) is 0 Å². The van der Waals surface area contributed by atoms with E-state index in [-0.39, 0.29) is 37.4 Å². The van der Waals surface area contributed by atoms with Gasteiger partial charge in [0.1, 0.15) is 11.9 Å². The van der Waals surface area contributed by atoms with Gasteiger partial charge in [-0.15, -0.1) is 0 Å². The molecule has 0 bridgehead atoms. The minimum Gasteiger partial charge on any atom is -0.394 e. The van der Waals surface area contributed by atoms with Crippen LogP contribution in [0, 0.1) is 5.82 Å². The van der Waals surface area contributed by atoms with Crippen LogP contribution in [0.2, 0.25) is 0 Å². The number of benzene rings is 3. The van der Waals surface area contributed by atoms with Crippen LogP contribution in [0.3, 0.4) is 0 Å². The van der Waals surface area contributed by atoms with Crippen molar-refractivity contribution >= 4 is 29.2 Å². The topological polar surface area (TPSA) is 143 Å². The zero-order valence-electron chi connectivity index (χ0n) is 27.4. The molecule has 2 heterocycles. The molecule has 1 fully saturated rings. The molecular formula is C36H44FN5O6. The largest absolute Gasteiger partial charge is 0.394 e. The first-order valence-electron chi connectivity index (χ1n) is 16.3. The minimum absolute atomic E-state index is 0.0341. The predicted octanol–water partition coefficient (Wildman–Crippen LogP) is 3.43. The van der Waals surface area contributed by atoms with Crippen molar-refractivity contribution in [2.75, 3.05) is 49.7 Å². The maximum atomic E-state index is 14.3. The molecule has 11 nitrogen and oxygen atoms in total. The number of ether oxygens (including phenoxy) is 1. The van der Waals surface area contributed by atoms with E-state index < -0.39 is 30.1 Å². The lowest BCUT2D eigenvalue weighted by Crippen LogP contribution is -2.51. The van der Waals surface area contributed by atoms with Crippen molar-refractivity contribution < 1.29 is 33.7 Å². The number of hydrogen-bond acceptors (Lipinski definition) is 7. The molecule has 2 aliphatic rings. The van der Waals surface area contributed by atoms with Crippen molar-refractivity contribution in [1.29, 1.82) is 0 Å². The van der Waals surface area contributed by atoms with Gasteiger partial charge in [0.2, 0.25) is 11.8 Å². The number of amides is 4. The van der Waals surface area contributed by atoms with Gasteiger partial charge in [-0.2, -0.15) is 0 Å². The van der Waals surface area contributed by atoms with Crippen LogP contribution in [0.4, 0.5) is 20.6 Å². The van der Waals surface area contributed by atoms with Gasteiger partial charge in [0.05, 0.1) is 38.2 Å². The van der Waals surface area contributed by atoms with Crippen molar-refractivity contribution in [2.45, 2.75) is 57.3 Å². The molecule has 0 radical (unpaired) electrons. The van der Waals surface area contributed by atoms with E-state index >= 15 is 0 Å². The number of anilines is 2. The summed E-state index contributed by atoms with van der Waals surface area (Å²) in [5.41, 5.74) is 3.82. The number of nitrogens with one attached hydrogen (secondary N) is 3. The van der Waals surface area contributed by atoms with Crippen molar-refractivity contribution in [3.8, 4) is 11.1 Å². The van der Waals surface area contributed by atoms with Gasteiger partial charge < -0.3 is 40.7 Å². The number of carbonyl (C=O) groups excluding carboxylic acids is 3. The number of para-hydroxylation sites is 1. The van der Waals surface area contributed by atoms with Gasteiger partial charge in [-0.3, -0.25) is 9.59 Å². The molecule has 0 unspecified atom stereocenters. The Labute approximate surface area is 280 Å². The lowest BCUT2D eigenvalue weighted by atomic mass is 9.99. The molecule has 1 saturated heterocycles. The molecule has 4 amide bonds. The highest BCUT2D eigenvalue weighted by Crippen LogP contribution is 2.32. The number of morpholine rings is 1.